The number of nitrogens with one attached hydrogen (secondary N) is 1. The number of rotatable bonds is 8. The average molecular weight is 333 g/mol. The minimum Gasteiger partial charge on any atom is -0.382 e. The lowest BCUT2D eigenvalue weighted by Gasteiger charge is -2.13. The van der Waals surface area contributed by atoms with Gasteiger partial charge in [0.2, 0.25) is 11.8 Å². The number of aromatic nitrogens is 1. The number of thiazole rings is 1. The molecule has 0 spiro atoms. The lowest BCUT2D eigenvalue weighted by molar-refractivity contribution is -0.128. The largest absolute Gasteiger partial charge is 0.382 e. The Labute approximate surface area is 138 Å². The summed E-state index contributed by atoms with van der Waals surface area (Å²) < 4.78 is 4.86. The molecular formula is C16H19N3O3S. The van der Waals surface area contributed by atoms with E-state index in [4.69, 9.17) is 10.5 Å². The minimum absolute atomic E-state index is 0.0530. The van der Waals surface area contributed by atoms with Gasteiger partial charge in [0.1, 0.15) is 6.04 Å². The highest BCUT2D eigenvalue weighted by atomic mass is 32.1. The number of nitrogens with zero attached hydrogens (tertiary/aromatic N) is 1. The summed E-state index contributed by atoms with van der Waals surface area (Å²) >= 11 is 1.51. The summed E-state index contributed by atoms with van der Waals surface area (Å²) in [5.41, 5.74) is 7.06. The lowest BCUT2D eigenvalue weighted by atomic mass is 10.2. The van der Waals surface area contributed by atoms with Crippen molar-refractivity contribution >= 4 is 23.2 Å². The second kappa shape index (κ2) is 8.40. The number of amides is 2. The van der Waals surface area contributed by atoms with E-state index in [0.29, 0.717) is 5.69 Å². The summed E-state index contributed by atoms with van der Waals surface area (Å²) in [6, 6.07) is 9.19. The van der Waals surface area contributed by atoms with E-state index < -0.39 is 11.9 Å². The number of carbonyl (C=O) groups is 2. The van der Waals surface area contributed by atoms with Crippen LogP contribution in [0, 0.1) is 0 Å². The number of hydrogen-bond acceptors (Lipinski definition) is 5. The number of primary amides is 1. The van der Waals surface area contributed by atoms with E-state index >= 15 is 0 Å². The van der Waals surface area contributed by atoms with Crippen molar-refractivity contribution in [2.45, 2.75) is 18.9 Å². The molecule has 2 aromatic rings. The van der Waals surface area contributed by atoms with Crippen LogP contribution in [-0.2, 0) is 27.2 Å². The van der Waals surface area contributed by atoms with Crippen LogP contribution in [0.5, 0.6) is 0 Å². The molecule has 122 valence electrons. The minimum atomic E-state index is -0.824. The molecule has 0 aliphatic carbocycles. The SMILES string of the molecule is COCC(NC(=O)Cc1csc(Cc2ccccc2)n1)C(N)=O. The summed E-state index contributed by atoms with van der Waals surface area (Å²) in [6.07, 6.45) is 0.847. The Bertz CT molecular complexity index is 658. The molecule has 1 unspecified atom stereocenters. The van der Waals surface area contributed by atoms with Crippen LogP contribution in [0.4, 0.5) is 0 Å². The molecule has 23 heavy (non-hydrogen) atoms. The van der Waals surface area contributed by atoms with Gasteiger partial charge in [-0.3, -0.25) is 9.59 Å². The fraction of sp³-hybridized carbons (Fsp3) is 0.312. The van der Waals surface area contributed by atoms with Crippen LogP contribution < -0.4 is 11.1 Å². The van der Waals surface area contributed by atoms with Gasteiger partial charge in [0.05, 0.1) is 23.7 Å². The lowest BCUT2D eigenvalue weighted by Crippen LogP contribution is -2.47. The van der Waals surface area contributed by atoms with E-state index in [-0.39, 0.29) is 18.9 Å². The zero-order valence-electron chi connectivity index (χ0n) is 12.8. The van der Waals surface area contributed by atoms with Crippen LogP contribution in [0.15, 0.2) is 35.7 Å². The van der Waals surface area contributed by atoms with E-state index in [1.54, 1.807) is 0 Å². The maximum Gasteiger partial charge on any atom is 0.242 e. The molecule has 0 saturated heterocycles. The highest BCUT2D eigenvalue weighted by Gasteiger charge is 2.18. The molecule has 1 aromatic carbocycles. The van der Waals surface area contributed by atoms with Crippen LogP contribution in [0.2, 0.25) is 0 Å². The molecule has 2 rings (SSSR count). The Morgan fingerprint density at radius 1 is 1.35 bits per heavy atom. The third kappa shape index (κ3) is 5.46. The van der Waals surface area contributed by atoms with E-state index in [1.165, 1.54) is 24.0 Å². The van der Waals surface area contributed by atoms with Gasteiger partial charge in [0.15, 0.2) is 0 Å². The van der Waals surface area contributed by atoms with Crippen molar-refractivity contribution in [3.63, 3.8) is 0 Å². The van der Waals surface area contributed by atoms with Crippen LogP contribution >= 0.6 is 11.3 Å². The second-order valence-electron chi connectivity index (χ2n) is 5.05. The summed E-state index contributed by atoms with van der Waals surface area (Å²) in [4.78, 5) is 27.6. The Morgan fingerprint density at radius 2 is 2.09 bits per heavy atom. The van der Waals surface area contributed by atoms with Crippen LogP contribution in [-0.4, -0.2) is 36.6 Å². The Morgan fingerprint density at radius 3 is 2.74 bits per heavy atom. The van der Waals surface area contributed by atoms with Gasteiger partial charge in [0, 0.05) is 18.9 Å². The zero-order valence-corrected chi connectivity index (χ0v) is 13.6. The molecule has 0 bridgehead atoms. The first kappa shape index (κ1) is 17.1. The van der Waals surface area contributed by atoms with E-state index in [9.17, 15) is 9.59 Å². The predicted molar refractivity (Wildman–Crippen MR) is 88.1 cm³/mol. The maximum absolute atomic E-state index is 12.0. The standard InChI is InChI=1S/C16H19N3O3S/c1-22-9-13(16(17)21)19-14(20)8-12-10-23-15(18-12)7-11-5-3-2-4-6-11/h2-6,10,13H,7-9H2,1H3,(H2,17,21)(H,19,20). The van der Waals surface area contributed by atoms with Gasteiger partial charge in [-0.25, -0.2) is 4.98 Å². The van der Waals surface area contributed by atoms with Gasteiger partial charge >= 0.3 is 0 Å². The van der Waals surface area contributed by atoms with Crippen molar-refractivity contribution in [3.05, 3.63) is 52.0 Å². The van der Waals surface area contributed by atoms with Crippen LogP contribution in [0.1, 0.15) is 16.3 Å². The van der Waals surface area contributed by atoms with Gasteiger partial charge in [-0.2, -0.15) is 0 Å². The van der Waals surface area contributed by atoms with Gasteiger partial charge in [-0.1, -0.05) is 30.3 Å². The normalized spacial score (nSPS) is 11.9. The molecule has 0 aliphatic heterocycles. The number of benzene rings is 1. The molecule has 3 N–H and O–H groups in total. The highest BCUT2D eigenvalue weighted by molar-refractivity contribution is 7.09. The fourth-order valence-electron chi connectivity index (χ4n) is 2.05. The molecule has 1 atom stereocenters. The molecule has 6 nitrogen and oxygen atoms in total. The quantitative estimate of drug-likeness (QED) is 0.750. The number of hydrogen-bond donors (Lipinski definition) is 2. The molecule has 1 aromatic heterocycles. The summed E-state index contributed by atoms with van der Waals surface area (Å²) in [5.74, 6) is -0.925. The molecule has 0 saturated carbocycles. The van der Waals surface area contributed by atoms with Gasteiger partial charge in [0.25, 0.3) is 0 Å². The van der Waals surface area contributed by atoms with Crippen LogP contribution in [0.25, 0.3) is 0 Å². The average Bonchev–Trinajstić information content (AvgIpc) is 2.94. The topological polar surface area (TPSA) is 94.3 Å². The third-order valence-electron chi connectivity index (χ3n) is 3.15. The molecule has 2 amide bonds. The zero-order chi connectivity index (χ0) is 16.7. The smallest absolute Gasteiger partial charge is 0.242 e. The first-order valence-corrected chi connectivity index (χ1v) is 8.01. The molecular weight excluding hydrogens is 314 g/mol. The Hall–Kier alpha value is -2.25. The molecule has 0 radical (unpaired) electrons. The molecule has 0 fully saturated rings. The van der Waals surface area contributed by atoms with E-state index in [1.807, 2.05) is 35.7 Å². The van der Waals surface area contributed by atoms with Gasteiger partial charge in [-0.05, 0) is 5.56 Å². The predicted octanol–water partition coefficient (Wildman–Crippen LogP) is 0.893. The molecule has 0 aliphatic rings. The van der Waals surface area contributed by atoms with E-state index in [2.05, 4.69) is 10.3 Å². The summed E-state index contributed by atoms with van der Waals surface area (Å²) in [5, 5.41) is 5.35. The fourth-order valence-corrected chi connectivity index (χ4v) is 2.88. The Kier molecular flexibility index (Phi) is 6.25. The number of carbonyl (C=O) groups excluding carboxylic acids is 2. The monoisotopic (exact) mass is 333 g/mol. The maximum atomic E-state index is 12.0. The number of methoxy groups -OCH3 is 1. The van der Waals surface area contributed by atoms with Crippen molar-refractivity contribution in [2.24, 2.45) is 5.73 Å². The highest BCUT2D eigenvalue weighted by Crippen LogP contribution is 2.15. The van der Waals surface area contributed by atoms with E-state index in [0.717, 1.165) is 11.4 Å². The first-order valence-electron chi connectivity index (χ1n) is 7.13. The first-order chi connectivity index (χ1) is 11.1. The van der Waals surface area contributed by atoms with Crippen LogP contribution in [0.3, 0.4) is 0 Å². The van der Waals surface area contributed by atoms with Crippen molar-refractivity contribution in [3.8, 4) is 0 Å². The number of nitrogens with two attached hydrogens (primary N) is 1. The third-order valence-corrected chi connectivity index (χ3v) is 4.05. The van der Waals surface area contributed by atoms with Gasteiger partial charge in [-0.15, -0.1) is 11.3 Å². The van der Waals surface area contributed by atoms with Crippen molar-refractivity contribution in [1.29, 1.82) is 0 Å². The van der Waals surface area contributed by atoms with Crippen molar-refractivity contribution in [2.75, 3.05) is 13.7 Å². The molecule has 1 heterocycles. The Balaban J connectivity index is 1.90. The summed E-state index contributed by atoms with van der Waals surface area (Å²) in [7, 11) is 1.44. The summed E-state index contributed by atoms with van der Waals surface area (Å²) in [6.45, 7) is 0.0530. The molecule has 7 heteroatoms. The number of ether oxygens (including phenoxy) is 1. The second-order valence-corrected chi connectivity index (χ2v) is 5.99. The van der Waals surface area contributed by atoms with Crippen molar-refractivity contribution in [1.82, 2.24) is 10.3 Å². The van der Waals surface area contributed by atoms with Gasteiger partial charge < -0.3 is 15.8 Å². The van der Waals surface area contributed by atoms with Crippen molar-refractivity contribution < 1.29 is 14.3 Å².